The van der Waals surface area contributed by atoms with E-state index in [1.54, 1.807) is 12.1 Å². The van der Waals surface area contributed by atoms with Crippen LogP contribution in [0, 0.1) is 13.8 Å². The maximum atomic E-state index is 12.5. The van der Waals surface area contributed by atoms with Gasteiger partial charge in [-0.1, -0.05) is 54.2 Å². The Morgan fingerprint density at radius 1 is 0.912 bits per heavy atom. The Labute approximate surface area is 202 Å². The minimum absolute atomic E-state index is 0.103. The molecule has 0 aliphatic heterocycles. The molecule has 0 fully saturated rings. The van der Waals surface area contributed by atoms with Crippen molar-refractivity contribution < 1.29 is 9.59 Å². The SMILES string of the molecule is Cc1cccc(NC(=O)CSc2nnc(-c3cccc(NC(=O)c4ccccc4)c3)n2C)c1C. The predicted molar refractivity (Wildman–Crippen MR) is 136 cm³/mol. The Morgan fingerprint density at radius 3 is 2.47 bits per heavy atom. The molecule has 0 saturated heterocycles. The Balaban J connectivity index is 1.42. The van der Waals surface area contributed by atoms with E-state index in [-0.39, 0.29) is 17.6 Å². The third-order valence-electron chi connectivity index (χ3n) is 5.46. The van der Waals surface area contributed by atoms with Crippen LogP contribution in [0.3, 0.4) is 0 Å². The number of amides is 2. The minimum atomic E-state index is -0.179. The van der Waals surface area contributed by atoms with Crippen molar-refractivity contribution in [3.8, 4) is 11.4 Å². The molecule has 0 radical (unpaired) electrons. The first-order valence-electron chi connectivity index (χ1n) is 10.8. The standard InChI is InChI=1S/C26H25N5O2S/c1-17-9-7-14-22(18(17)2)28-23(32)16-34-26-30-29-24(31(26)3)20-12-8-13-21(15-20)27-25(33)19-10-5-4-6-11-19/h4-15H,16H2,1-3H3,(H,27,33)(H,28,32). The molecular weight excluding hydrogens is 446 g/mol. The summed E-state index contributed by atoms with van der Waals surface area (Å²) < 4.78 is 1.84. The van der Waals surface area contributed by atoms with Gasteiger partial charge in [0.05, 0.1) is 5.75 Å². The number of nitrogens with one attached hydrogen (secondary N) is 2. The van der Waals surface area contributed by atoms with Gasteiger partial charge in [-0.3, -0.25) is 9.59 Å². The van der Waals surface area contributed by atoms with Crippen LogP contribution in [-0.4, -0.2) is 32.3 Å². The molecule has 0 bridgehead atoms. The lowest BCUT2D eigenvalue weighted by Crippen LogP contribution is -2.15. The second-order valence-corrected chi connectivity index (χ2v) is 8.79. The molecule has 0 aliphatic rings. The number of hydrogen-bond donors (Lipinski definition) is 2. The molecule has 0 saturated carbocycles. The van der Waals surface area contributed by atoms with Gasteiger partial charge in [0.15, 0.2) is 11.0 Å². The number of carbonyl (C=O) groups excluding carboxylic acids is 2. The Bertz CT molecular complexity index is 1330. The van der Waals surface area contributed by atoms with Crippen LogP contribution in [0.4, 0.5) is 11.4 Å². The molecule has 172 valence electrons. The number of hydrogen-bond acceptors (Lipinski definition) is 5. The summed E-state index contributed by atoms with van der Waals surface area (Å²) in [4.78, 5) is 24.9. The number of rotatable bonds is 7. The number of benzene rings is 3. The quantitative estimate of drug-likeness (QED) is 0.367. The maximum Gasteiger partial charge on any atom is 0.255 e. The normalized spacial score (nSPS) is 10.7. The fraction of sp³-hybridized carbons (Fsp3) is 0.154. The highest BCUT2D eigenvalue weighted by Gasteiger charge is 2.15. The van der Waals surface area contributed by atoms with Crippen LogP contribution in [0.25, 0.3) is 11.4 Å². The van der Waals surface area contributed by atoms with Crippen LogP contribution >= 0.6 is 11.8 Å². The molecule has 0 unspecified atom stereocenters. The minimum Gasteiger partial charge on any atom is -0.325 e. The van der Waals surface area contributed by atoms with E-state index < -0.39 is 0 Å². The summed E-state index contributed by atoms with van der Waals surface area (Å²) in [6.07, 6.45) is 0. The van der Waals surface area contributed by atoms with Crippen molar-refractivity contribution in [2.75, 3.05) is 16.4 Å². The number of carbonyl (C=O) groups is 2. The molecule has 3 aromatic carbocycles. The molecule has 4 aromatic rings. The van der Waals surface area contributed by atoms with E-state index in [2.05, 4.69) is 20.8 Å². The number of nitrogens with zero attached hydrogens (tertiary/aromatic N) is 3. The number of anilines is 2. The van der Waals surface area contributed by atoms with Crippen molar-refractivity contribution in [3.63, 3.8) is 0 Å². The Hall–Kier alpha value is -3.91. The van der Waals surface area contributed by atoms with E-state index in [1.807, 2.05) is 86.1 Å². The lowest BCUT2D eigenvalue weighted by Gasteiger charge is -2.10. The molecule has 7 nitrogen and oxygen atoms in total. The van der Waals surface area contributed by atoms with Crippen LogP contribution in [0.5, 0.6) is 0 Å². The summed E-state index contributed by atoms with van der Waals surface area (Å²) in [6, 6.07) is 22.3. The molecule has 1 heterocycles. The van der Waals surface area contributed by atoms with E-state index in [0.29, 0.717) is 22.2 Å². The first-order valence-corrected chi connectivity index (χ1v) is 11.8. The lowest BCUT2D eigenvalue weighted by molar-refractivity contribution is -0.113. The molecule has 0 aliphatic carbocycles. The fourth-order valence-electron chi connectivity index (χ4n) is 3.42. The third kappa shape index (κ3) is 5.35. The van der Waals surface area contributed by atoms with Gasteiger partial charge in [-0.05, 0) is 55.3 Å². The number of aryl methyl sites for hydroxylation is 1. The van der Waals surface area contributed by atoms with Gasteiger partial charge in [0.25, 0.3) is 5.91 Å². The second-order valence-electron chi connectivity index (χ2n) is 7.85. The molecule has 4 rings (SSSR count). The summed E-state index contributed by atoms with van der Waals surface area (Å²) in [5.41, 5.74) is 5.07. The van der Waals surface area contributed by atoms with Crippen molar-refractivity contribution >= 4 is 35.0 Å². The summed E-state index contributed by atoms with van der Waals surface area (Å²) in [5.74, 6) is 0.580. The summed E-state index contributed by atoms with van der Waals surface area (Å²) >= 11 is 1.32. The van der Waals surface area contributed by atoms with Crippen molar-refractivity contribution in [1.29, 1.82) is 0 Å². The van der Waals surface area contributed by atoms with Gasteiger partial charge in [0.1, 0.15) is 0 Å². The molecule has 0 spiro atoms. The lowest BCUT2D eigenvalue weighted by atomic mass is 10.1. The number of aromatic nitrogens is 3. The zero-order valence-electron chi connectivity index (χ0n) is 19.2. The van der Waals surface area contributed by atoms with E-state index in [0.717, 1.165) is 22.4 Å². The highest BCUT2D eigenvalue weighted by molar-refractivity contribution is 7.99. The van der Waals surface area contributed by atoms with Crippen LogP contribution in [0.15, 0.2) is 78.0 Å². The van der Waals surface area contributed by atoms with Gasteiger partial charge in [0.2, 0.25) is 5.91 Å². The van der Waals surface area contributed by atoms with Gasteiger partial charge in [0, 0.05) is 29.5 Å². The molecule has 1 aromatic heterocycles. The highest BCUT2D eigenvalue weighted by atomic mass is 32.2. The van der Waals surface area contributed by atoms with Crippen molar-refractivity contribution in [2.24, 2.45) is 7.05 Å². The topological polar surface area (TPSA) is 88.9 Å². The Morgan fingerprint density at radius 2 is 1.68 bits per heavy atom. The Kier molecular flexibility index (Phi) is 7.08. The third-order valence-corrected chi connectivity index (χ3v) is 6.48. The molecule has 0 atom stereocenters. The van der Waals surface area contributed by atoms with Crippen LogP contribution in [-0.2, 0) is 11.8 Å². The zero-order chi connectivity index (χ0) is 24.1. The largest absolute Gasteiger partial charge is 0.325 e. The second kappa shape index (κ2) is 10.4. The van der Waals surface area contributed by atoms with E-state index in [4.69, 9.17) is 0 Å². The van der Waals surface area contributed by atoms with Gasteiger partial charge < -0.3 is 15.2 Å². The highest BCUT2D eigenvalue weighted by Crippen LogP contribution is 2.25. The average molecular weight is 472 g/mol. The van der Waals surface area contributed by atoms with Gasteiger partial charge in [-0.15, -0.1) is 10.2 Å². The van der Waals surface area contributed by atoms with E-state index >= 15 is 0 Å². The molecule has 2 N–H and O–H groups in total. The smallest absolute Gasteiger partial charge is 0.255 e. The molecule has 8 heteroatoms. The summed E-state index contributed by atoms with van der Waals surface area (Å²) in [5, 5.41) is 15.1. The van der Waals surface area contributed by atoms with Crippen LogP contribution in [0.2, 0.25) is 0 Å². The predicted octanol–water partition coefficient (Wildman–Crippen LogP) is 5.08. The van der Waals surface area contributed by atoms with Crippen LogP contribution in [0.1, 0.15) is 21.5 Å². The first kappa shape index (κ1) is 23.3. The van der Waals surface area contributed by atoms with Crippen molar-refractivity contribution in [1.82, 2.24) is 14.8 Å². The van der Waals surface area contributed by atoms with Crippen molar-refractivity contribution in [2.45, 2.75) is 19.0 Å². The fourth-order valence-corrected chi connectivity index (χ4v) is 4.13. The zero-order valence-corrected chi connectivity index (χ0v) is 20.0. The number of thioether (sulfide) groups is 1. The monoisotopic (exact) mass is 471 g/mol. The maximum absolute atomic E-state index is 12.5. The molecular formula is C26H25N5O2S. The van der Waals surface area contributed by atoms with E-state index in [1.165, 1.54) is 11.8 Å². The molecule has 34 heavy (non-hydrogen) atoms. The van der Waals surface area contributed by atoms with Gasteiger partial charge in [-0.2, -0.15) is 0 Å². The van der Waals surface area contributed by atoms with E-state index in [9.17, 15) is 9.59 Å². The van der Waals surface area contributed by atoms with Crippen LogP contribution < -0.4 is 10.6 Å². The van der Waals surface area contributed by atoms with Crippen molar-refractivity contribution in [3.05, 3.63) is 89.5 Å². The summed E-state index contributed by atoms with van der Waals surface area (Å²) in [6.45, 7) is 4.01. The van der Waals surface area contributed by atoms with Gasteiger partial charge in [-0.25, -0.2) is 0 Å². The average Bonchev–Trinajstić information content (AvgIpc) is 3.21. The summed E-state index contributed by atoms with van der Waals surface area (Å²) in [7, 11) is 1.86. The first-order chi connectivity index (χ1) is 16.4. The van der Waals surface area contributed by atoms with Gasteiger partial charge >= 0.3 is 0 Å². The molecule has 2 amide bonds.